The number of benzene rings is 2. The Hall–Kier alpha value is -1.76. The fourth-order valence-corrected chi connectivity index (χ4v) is 4.74. The van der Waals surface area contributed by atoms with Gasteiger partial charge in [0.2, 0.25) is 15.9 Å². The molecule has 8 heteroatoms. The van der Waals surface area contributed by atoms with Gasteiger partial charge in [-0.15, -0.1) is 0 Å². The number of sulfonamides is 1. The lowest BCUT2D eigenvalue weighted by molar-refractivity contribution is -0.123. The average Bonchev–Trinajstić information content (AvgIpc) is 2.52. The Morgan fingerprint density at radius 2 is 1.64 bits per heavy atom. The lowest BCUT2D eigenvalue weighted by Gasteiger charge is -2.33. The van der Waals surface area contributed by atoms with Gasteiger partial charge >= 0.3 is 0 Å². The van der Waals surface area contributed by atoms with Gasteiger partial charge in [0.25, 0.3) is 0 Å². The zero-order valence-corrected chi connectivity index (χ0v) is 18.6. The lowest BCUT2D eigenvalue weighted by atomic mass is 9.94. The first-order chi connectivity index (χ1) is 12.9. The molecule has 0 bridgehead atoms. The topological polar surface area (TPSA) is 66.5 Å². The molecule has 0 saturated heterocycles. The van der Waals surface area contributed by atoms with Crippen molar-refractivity contribution in [2.75, 3.05) is 10.6 Å². The van der Waals surface area contributed by atoms with Crippen LogP contribution in [0.25, 0.3) is 0 Å². The molecule has 0 heterocycles. The van der Waals surface area contributed by atoms with E-state index >= 15 is 0 Å². The van der Waals surface area contributed by atoms with E-state index in [4.69, 9.17) is 23.2 Å². The van der Waals surface area contributed by atoms with Crippen molar-refractivity contribution in [3.8, 4) is 0 Å². The minimum absolute atomic E-state index is 0.239. The van der Waals surface area contributed by atoms with Gasteiger partial charge in [0.15, 0.2) is 0 Å². The molecular formula is C20H24Cl2N2O3S. The van der Waals surface area contributed by atoms with E-state index < -0.39 is 27.5 Å². The maximum Gasteiger partial charge on any atom is 0.244 e. The van der Waals surface area contributed by atoms with Crippen molar-refractivity contribution >= 4 is 44.8 Å². The molecule has 0 aliphatic heterocycles. The van der Waals surface area contributed by atoms with Crippen LogP contribution < -0.4 is 9.62 Å². The van der Waals surface area contributed by atoms with Crippen molar-refractivity contribution in [2.45, 2.75) is 38.8 Å². The highest BCUT2D eigenvalue weighted by molar-refractivity contribution is 7.92. The standard InChI is InChI=1S/C20H24Cl2N2O3S/c1-14(19(25)23-20(2,3)13-15-8-6-5-7-9-15)24(28(4,26)27)18-11-16(21)10-17(22)12-18/h5-12,14H,13H2,1-4H3,(H,23,25)/t14-/m1/s1. The molecule has 0 aromatic heterocycles. The average molecular weight is 443 g/mol. The largest absolute Gasteiger partial charge is 0.349 e. The molecule has 0 radical (unpaired) electrons. The number of rotatable bonds is 7. The Bertz CT molecular complexity index is 927. The van der Waals surface area contributed by atoms with E-state index in [0.717, 1.165) is 16.1 Å². The van der Waals surface area contributed by atoms with Gasteiger partial charge in [-0.05, 0) is 51.0 Å². The highest BCUT2D eigenvalue weighted by Gasteiger charge is 2.32. The molecule has 0 spiro atoms. The van der Waals surface area contributed by atoms with Crippen molar-refractivity contribution in [3.63, 3.8) is 0 Å². The molecule has 1 amide bonds. The van der Waals surface area contributed by atoms with Crippen molar-refractivity contribution in [2.24, 2.45) is 0 Å². The molecule has 0 unspecified atom stereocenters. The number of hydrogen-bond acceptors (Lipinski definition) is 3. The van der Waals surface area contributed by atoms with E-state index in [1.165, 1.54) is 25.1 Å². The summed E-state index contributed by atoms with van der Waals surface area (Å²) in [7, 11) is -3.75. The second-order valence-corrected chi connectivity index (χ2v) is 10.1. The molecule has 0 saturated carbocycles. The zero-order valence-electron chi connectivity index (χ0n) is 16.2. The fourth-order valence-electron chi connectivity index (χ4n) is 3.06. The first kappa shape index (κ1) is 22.5. The van der Waals surface area contributed by atoms with E-state index in [-0.39, 0.29) is 15.7 Å². The van der Waals surface area contributed by atoms with E-state index in [1.54, 1.807) is 0 Å². The summed E-state index contributed by atoms with van der Waals surface area (Å²) in [5, 5.41) is 3.52. The van der Waals surface area contributed by atoms with Crippen LogP contribution in [0.3, 0.4) is 0 Å². The fraction of sp³-hybridized carbons (Fsp3) is 0.350. The minimum Gasteiger partial charge on any atom is -0.349 e. The maximum absolute atomic E-state index is 12.9. The van der Waals surface area contributed by atoms with E-state index in [1.807, 2.05) is 44.2 Å². The predicted molar refractivity (Wildman–Crippen MR) is 116 cm³/mol. The normalized spacial score (nSPS) is 13.1. The Kier molecular flexibility index (Phi) is 7.02. The molecule has 1 atom stereocenters. The number of nitrogens with zero attached hydrogens (tertiary/aromatic N) is 1. The van der Waals surface area contributed by atoms with E-state index in [0.29, 0.717) is 6.42 Å². The summed E-state index contributed by atoms with van der Waals surface area (Å²) in [6, 6.07) is 13.2. The highest BCUT2D eigenvalue weighted by Crippen LogP contribution is 2.29. The third-order valence-corrected chi connectivity index (χ3v) is 5.82. The SMILES string of the molecule is C[C@H](C(=O)NC(C)(C)Cc1ccccc1)N(c1cc(Cl)cc(Cl)c1)S(C)(=O)=O. The van der Waals surface area contributed by atoms with Gasteiger partial charge in [0.1, 0.15) is 6.04 Å². The monoisotopic (exact) mass is 442 g/mol. The number of halogens is 2. The quantitative estimate of drug-likeness (QED) is 0.695. The van der Waals surface area contributed by atoms with Crippen molar-refractivity contribution in [1.29, 1.82) is 0 Å². The third-order valence-electron chi connectivity index (χ3n) is 4.14. The molecule has 5 nitrogen and oxygen atoms in total. The first-order valence-electron chi connectivity index (χ1n) is 8.70. The molecule has 0 aliphatic rings. The number of carbonyl (C=O) groups is 1. The Labute approximate surface area is 176 Å². The molecule has 28 heavy (non-hydrogen) atoms. The molecule has 2 aromatic rings. The minimum atomic E-state index is -3.75. The van der Waals surface area contributed by atoms with Crippen molar-refractivity contribution in [3.05, 3.63) is 64.1 Å². The second-order valence-electron chi connectivity index (χ2n) is 7.40. The highest BCUT2D eigenvalue weighted by atomic mass is 35.5. The van der Waals surface area contributed by atoms with E-state index in [9.17, 15) is 13.2 Å². The Balaban J connectivity index is 2.26. The summed E-state index contributed by atoms with van der Waals surface area (Å²) in [5.41, 5.74) is 0.743. The summed E-state index contributed by atoms with van der Waals surface area (Å²) >= 11 is 12.0. The summed E-state index contributed by atoms with van der Waals surface area (Å²) in [6.07, 6.45) is 1.65. The van der Waals surface area contributed by atoms with Gasteiger partial charge in [-0.1, -0.05) is 53.5 Å². The number of amides is 1. The molecule has 0 fully saturated rings. The molecule has 2 rings (SSSR count). The van der Waals surface area contributed by atoms with Gasteiger partial charge in [-0.25, -0.2) is 8.42 Å². The van der Waals surface area contributed by atoms with E-state index in [2.05, 4.69) is 5.32 Å². The predicted octanol–water partition coefficient (Wildman–Crippen LogP) is 4.29. The number of anilines is 1. The smallest absolute Gasteiger partial charge is 0.244 e. The Morgan fingerprint density at radius 1 is 1.11 bits per heavy atom. The van der Waals surface area contributed by atoms with Gasteiger partial charge in [-0.2, -0.15) is 0 Å². The van der Waals surface area contributed by atoms with Crippen LogP contribution in [0.5, 0.6) is 0 Å². The molecule has 2 aromatic carbocycles. The molecule has 0 aliphatic carbocycles. The van der Waals surface area contributed by atoms with Crippen LogP contribution in [0.1, 0.15) is 26.3 Å². The van der Waals surface area contributed by atoms with Crippen LogP contribution >= 0.6 is 23.2 Å². The summed E-state index contributed by atoms with van der Waals surface area (Å²) < 4.78 is 25.9. The van der Waals surface area contributed by atoms with Crippen molar-refractivity contribution in [1.82, 2.24) is 5.32 Å². The van der Waals surface area contributed by atoms with Crippen LogP contribution in [0.4, 0.5) is 5.69 Å². The van der Waals surface area contributed by atoms with Crippen LogP contribution in [0.2, 0.25) is 10.0 Å². The number of carbonyl (C=O) groups excluding carboxylic acids is 1. The molecule has 1 N–H and O–H groups in total. The number of hydrogen-bond donors (Lipinski definition) is 1. The zero-order chi connectivity index (χ0) is 21.1. The summed E-state index contributed by atoms with van der Waals surface area (Å²) in [6.45, 7) is 5.32. The summed E-state index contributed by atoms with van der Waals surface area (Å²) in [4.78, 5) is 12.9. The molecule has 152 valence electrons. The third kappa shape index (κ3) is 6.12. The van der Waals surface area contributed by atoms with Gasteiger partial charge in [0, 0.05) is 15.6 Å². The van der Waals surface area contributed by atoms with Gasteiger partial charge < -0.3 is 5.32 Å². The second kappa shape index (κ2) is 8.72. The Morgan fingerprint density at radius 3 is 2.14 bits per heavy atom. The van der Waals surface area contributed by atoms with Crippen LogP contribution in [0.15, 0.2) is 48.5 Å². The maximum atomic E-state index is 12.9. The van der Waals surface area contributed by atoms with Gasteiger partial charge in [0.05, 0.1) is 11.9 Å². The number of nitrogens with one attached hydrogen (secondary N) is 1. The van der Waals surface area contributed by atoms with Crippen LogP contribution in [0, 0.1) is 0 Å². The van der Waals surface area contributed by atoms with Crippen LogP contribution in [-0.4, -0.2) is 32.2 Å². The first-order valence-corrected chi connectivity index (χ1v) is 11.3. The van der Waals surface area contributed by atoms with Crippen LogP contribution in [-0.2, 0) is 21.2 Å². The summed E-state index contributed by atoms with van der Waals surface area (Å²) in [5.74, 6) is -0.414. The van der Waals surface area contributed by atoms with Crippen molar-refractivity contribution < 1.29 is 13.2 Å². The molecular weight excluding hydrogens is 419 g/mol. The lowest BCUT2D eigenvalue weighted by Crippen LogP contribution is -2.54. The van der Waals surface area contributed by atoms with Gasteiger partial charge in [-0.3, -0.25) is 9.10 Å².